The van der Waals surface area contributed by atoms with E-state index in [-0.39, 0.29) is 12.8 Å². The van der Waals surface area contributed by atoms with E-state index in [2.05, 4.69) is 50.3 Å². The van der Waals surface area contributed by atoms with Crippen LogP contribution in [-0.4, -0.2) is 98.3 Å². The summed E-state index contributed by atoms with van der Waals surface area (Å²) >= 11 is 0. The molecule has 0 aromatic heterocycles. The summed E-state index contributed by atoms with van der Waals surface area (Å²) in [5.74, 6) is -1.14. The summed E-state index contributed by atoms with van der Waals surface area (Å²) in [4.78, 5) is 35.1. The van der Waals surface area contributed by atoms with Gasteiger partial charge < -0.3 is 39.9 Å². The van der Waals surface area contributed by atoms with Crippen molar-refractivity contribution >= 4 is 19.8 Å². The van der Waals surface area contributed by atoms with Crippen LogP contribution in [0.5, 0.6) is 0 Å². The van der Waals surface area contributed by atoms with Crippen molar-refractivity contribution in [3.8, 4) is 0 Å². The summed E-state index contributed by atoms with van der Waals surface area (Å²) in [5, 5.41) is 49.7. The minimum absolute atomic E-state index is 0.0768. The molecular weight excluding hydrogens is 659 g/mol. The quantitative estimate of drug-likeness (QED) is 0.0294. The third-order valence-corrected chi connectivity index (χ3v) is 8.98. The van der Waals surface area contributed by atoms with Gasteiger partial charge in [0.05, 0.1) is 6.61 Å². The molecule has 0 aromatic carbocycles. The Labute approximate surface area is 291 Å². The van der Waals surface area contributed by atoms with E-state index in [4.69, 9.17) is 18.5 Å². The second-order valence-electron chi connectivity index (χ2n) is 12.3. The third kappa shape index (κ3) is 20.5. The van der Waals surface area contributed by atoms with Gasteiger partial charge in [-0.2, -0.15) is 0 Å². The molecule has 13 nitrogen and oxygen atoms in total. The molecule has 0 bridgehead atoms. The van der Waals surface area contributed by atoms with Crippen LogP contribution < -0.4 is 0 Å². The van der Waals surface area contributed by atoms with E-state index in [1.165, 1.54) is 0 Å². The maximum absolute atomic E-state index is 12.7. The first-order chi connectivity index (χ1) is 23.4. The number of unbranched alkanes of at least 4 members (excludes halogenated alkanes) is 9. The van der Waals surface area contributed by atoms with Crippen LogP contribution in [0.25, 0.3) is 0 Å². The number of allylic oxidation sites excluding steroid dienone is 6. The lowest BCUT2D eigenvalue weighted by Crippen LogP contribution is -2.64. The molecule has 49 heavy (non-hydrogen) atoms. The van der Waals surface area contributed by atoms with Crippen LogP contribution in [0.3, 0.4) is 0 Å². The predicted molar refractivity (Wildman–Crippen MR) is 184 cm³/mol. The van der Waals surface area contributed by atoms with Crippen molar-refractivity contribution in [2.75, 3.05) is 13.2 Å². The molecule has 1 aliphatic carbocycles. The standard InChI is InChI=1S/C35H61O13P/c1-3-5-7-9-10-11-12-13-14-15-16-17-18-20-22-24-29(37)47-27(25-45-28(36)23-21-19-8-6-4-2)26-46-49(43,44)48-35-33(41)31(39)30(38)32(40)34(35)42/h5,7,10-11,13-14,27,30-35,38-42H,3-4,6,8-9,12,15-26H2,1-2H3,(H,43,44)/b7-5-,11-10-,14-13-. The summed E-state index contributed by atoms with van der Waals surface area (Å²) in [5.41, 5.74) is 0. The van der Waals surface area contributed by atoms with Gasteiger partial charge >= 0.3 is 19.8 Å². The number of rotatable bonds is 27. The number of hydrogen-bond donors (Lipinski definition) is 6. The lowest BCUT2D eigenvalue weighted by Gasteiger charge is -2.41. The molecule has 0 radical (unpaired) electrons. The topological polar surface area (TPSA) is 210 Å². The van der Waals surface area contributed by atoms with Gasteiger partial charge in [0.15, 0.2) is 6.10 Å². The summed E-state index contributed by atoms with van der Waals surface area (Å²) in [6.07, 6.45) is 12.9. The van der Waals surface area contributed by atoms with E-state index >= 15 is 0 Å². The van der Waals surface area contributed by atoms with Gasteiger partial charge in [-0.3, -0.25) is 18.6 Å². The van der Waals surface area contributed by atoms with E-state index in [1.807, 2.05) is 0 Å². The van der Waals surface area contributed by atoms with Crippen LogP contribution >= 0.6 is 7.82 Å². The van der Waals surface area contributed by atoms with Crippen LogP contribution in [0.15, 0.2) is 36.5 Å². The number of phosphoric ester groups is 1. The maximum atomic E-state index is 12.7. The molecule has 1 fully saturated rings. The Morgan fingerprint density at radius 2 is 1.16 bits per heavy atom. The molecule has 0 heterocycles. The fourth-order valence-electron chi connectivity index (χ4n) is 5.06. The van der Waals surface area contributed by atoms with Crippen LogP contribution in [0, 0.1) is 0 Å². The normalized spacial score (nSPS) is 24.8. The number of esters is 2. The second-order valence-corrected chi connectivity index (χ2v) is 13.8. The summed E-state index contributed by atoms with van der Waals surface area (Å²) in [7, 11) is -5.10. The van der Waals surface area contributed by atoms with Crippen molar-refractivity contribution in [1.29, 1.82) is 0 Å². The Morgan fingerprint density at radius 3 is 1.78 bits per heavy atom. The minimum Gasteiger partial charge on any atom is -0.462 e. The lowest BCUT2D eigenvalue weighted by atomic mass is 9.85. The summed E-state index contributed by atoms with van der Waals surface area (Å²) in [6.45, 7) is 3.01. The highest BCUT2D eigenvalue weighted by molar-refractivity contribution is 7.47. The maximum Gasteiger partial charge on any atom is 0.472 e. The molecule has 0 aromatic rings. The molecule has 0 saturated heterocycles. The van der Waals surface area contributed by atoms with E-state index in [1.54, 1.807) is 0 Å². The third-order valence-electron chi connectivity index (χ3n) is 8.00. The zero-order valence-electron chi connectivity index (χ0n) is 29.2. The van der Waals surface area contributed by atoms with Gasteiger partial charge in [0.1, 0.15) is 43.2 Å². The largest absolute Gasteiger partial charge is 0.472 e. The number of aliphatic hydroxyl groups excluding tert-OH is 5. The molecule has 284 valence electrons. The minimum atomic E-state index is -5.10. The Balaban J connectivity index is 2.54. The Bertz CT molecular complexity index is 1020. The number of aliphatic hydroxyl groups is 5. The SMILES string of the molecule is CC/C=C\C/C=C\C/C=C\CCCCCCCC(=O)OC(COC(=O)CCCCCCC)COP(=O)(O)OC1C(O)C(O)C(O)C(O)C1O. The molecule has 0 aliphatic heterocycles. The first-order valence-corrected chi connectivity index (χ1v) is 19.3. The molecule has 6 atom stereocenters. The first-order valence-electron chi connectivity index (χ1n) is 17.8. The molecule has 1 rings (SSSR count). The molecule has 14 heteroatoms. The monoisotopic (exact) mass is 720 g/mol. The van der Waals surface area contributed by atoms with Crippen LogP contribution in [-0.2, 0) is 32.7 Å². The zero-order chi connectivity index (χ0) is 36.5. The zero-order valence-corrected chi connectivity index (χ0v) is 30.1. The lowest BCUT2D eigenvalue weighted by molar-refractivity contribution is -0.220. The van der Waals surface area contributed by atoms with Gasteiger partial charge in [-0.15, -0.1) is 0 Å². The van der Waals surface area contributed by atoms with E-state index in [0.717, 1.165) is 77.0 Å². The van der Waals surface area contributed by atoms with Crippen LogP contribution in [0.2, 0.25) is 0 Å². The van der Waals surface area contributed by atoms with Crippen molar-refractivity contribution in [3.05, 3.63) is 36.5 Å². The van der Waals surface area contributed by atoms with Gasteiger partial charge in [-0.25, -0.2) is 4.57 Å². The van der Waals surface area contributed by atoms with Gasteiger partial charge in [-0.1, -0.05) is 95.2 Å². The molecule has 0 amide bonds. The number of phosphoric acid groups is 1. The summed E-state index contributed by atoms with van der Waals surface area (Å²) < 4.78 is 33.0. The first kappa shape index (κ1) is 45.1. The van der Waals surface area contributed by atoms with Crippen molar-refractivity contribution in [3.63, 3.8) is 0 Å². The fraction of sp³-hybridized carbons (Fsp3) is 0.771. The van der Waals surface area contributed by atoms with Gasteiger partial charge in [0, 0.05) is 12.8 Å². The Hall–Kier alpha value is -1.93. The Kier molecular flexibility index (Phi) is 24.7. The van der Waals surface area contributed by atoms with Crippen molar-refractivity contribution in [2.45, 2.75) is 159 Å². The van der Waals surface area contributed by atoms with Crippen molar-refractivity contribution in [1.82, 2.24) is 0 Å². The molecule has 6 N–H and O–H groups in total. The molecule has 1 aliphatic rings. The van der Waals surface area contributed by atoms with Crippen LogP contribution in [0.4, 0.5) is 0 Å². The number of carbonyl (C=O) groups excluding carboxylic acids is 2. The number of ether oxygens (including phenoxy) is 2. The highest BCUT2D eigenvalue weighted by Crippen LogP contribution is 2.47. The highest BCUT2D eigenvalue weighted by atomic mass is 31.2. The average Bonchev–Trinajstić information content (AvgIpc) is 3.07. The Morgan fingerprint density at radius 1 is 0.653 bits per heavy atom. The smallest absolute Gasteiger partial charge is 0.462 e. The molecule has 1 saturated carbocycles. The van der Waals surface area contributed by atoms with E-state index in [9.17, 15) is 44.6 Å². The van der Waals surface area contributed by atoms with E-state index < -0.39 is 75.7 Å². The predicted octanol–water partition coefficient (Wildman–Crippen LogP) is 4.71. The molecular formula is C35H61O13P. The second kappa shape index (κ2) is 26.8. The van der Waals surface area contributed by atoms with E-state index in [0.29, 0.717) is 12.8 Å². The highest BCUT2D eigenvalue weighted by Gasteiger charge is 2.51. The number of carbonyl (C=O) groups is 2. The average molecular weight is 721 g/mol. The summed E-state index contributed by atoms with van der Waals surface area (Å²) in [6, 6.07) is 0. The molecule has 6 unspecified atom stereocenters. The van der Waals surface area contributed by atoms with Gasteiger partial charge in [0.2, 0.25) is 0 Å². The fourth-order valence-corrected chi connectivity index (χ4v) is 6.04. The molecule has 0 spiro atoms. The van der Waals surface area contributed by atoms with Crippen molar-refractivity contribution in [2.24, 2.45) is 0 Å². The van der Waals surface area contributed by atoms with Crippen molar-refractivity contribution < 1.29 is 63.1 Å². The number of hydrogen-bond acceptors (Lipinski definition) is 12. The van der Waals surface area contributed by atoms with Gasteiger partial charge in [-0.05, 0) is 44.9 Å². The van der Waals surface area contributed by atoms with Crippen LogP contribution in [0.1, 0.15) is 117 Å². The van der Waals surface area contributed by atoms with Gasteiger partial charge in [0.25, 0.3) is 0 Å².